The van der Waals surface area contributed by atoms with Crippen LogP contribution in [0.15, 0.2) is 0 Å². The van der Waals surface area contributed by atoms with Gasteiger partial charge >= 0.3 is 0 Å². The first-order valence-electron chi connectivity index (χ1n) is 6.31. The lowest BCUT2D eigenvalue weighted by Crippen LogP contribution is -2.40. The number of hydrogen-bond acceptors (Lipinski definition) is 2. The lowest BCUT2D eigenvalue weighted by Gasteiger charge is -2.39. The van der Waals surface area contributed by atoms with Crippen LogP contribution in [0.3, 0.4) is 0 Å². The average molecular weight is 293 g/mol. The van der Waals surface area contributed by atoms with Gasteiger partial charge in [0.15, 0.2) is 0 Å². The van der Waals surface area contributed by atoms with E-state index in [1.165, 1.54) is 0 Å². The fourth-order valence-electron chi connectivity index (χ4n) is 1.39. The van der Waals surface area contributed by atoms with Crippen LogP contribution < -0.4 is 0 Å². The van der Waals surface area contributed by atoms with Gasteiger partial charge in [0.2, 0.25) is 8.32 Å². The maximum atomic E-state index is 6.59. The molecule has 0 radical (unpaired) electrons. The van der Waals surface area contributed by atoms with Crippen molar-refractivity contribution in [3.8, 4) is 0 Å². The molecule has 0 saturated carbocycles. The maximum absolute atomic E-state index is 6.59. The van der Waals surface area contributed by atoms with Crippen LogP contribution in [0.1, 0.15) is 41.5 Å². The van der Waals surface area contributed by atoms with Crippen LogP contribution in [-0.4, -0.2) is 24.0 Å². The first-order chi connectivity index (χ1) is 7.45. The second kappa shape index (κ2) is 5.03. The zero-order valence-electron chi connectivity index (χ0n) is 12.6. The summed E-state index contributed by atoms with van der Waals surface area (Å²) in [5.41, 5.74) is 0.336. The van der Waals surface area contributed by atoms with Gasteiger partial charge in [-0.25, -0.2) is 0 Å². The molecular weight excluding hydrogens is 264 g/mol. The highest BCUT2D eigenvalue weighted by Gasteiger charge is 2.41. The molecule has 0 fully saturated rings. The molecule has 1 rings (SSSR count). The summed E-state index contributed by atoms with van der Waals surface area (Å²) >= 11 is 2.06. The number of rotatable bonds is 2. The molecule has 1 aliphatic rings. The predicted octanol–water partition coefficient (Wildman–Crippen LogP) is 5.11. The number of thioether (sulfide) groups is 1. The SMILES string of the molecule is CC(C)(C)C1SCC=S1O[Si](C)(C)C(C)(C)C. The summed E-state index contributed by atoms with van der Waals surface area (Å²) in [6, 6.07) is 0. The van der Waals surface area contributed by atoms with Crippen LogP contribution >= 0.6 is 22.5 Å². The van der Waals surface area contributed by atoms with Crippen molar-refractivity contribution in [3.63, 3.8) is 0 Å². The first-order valence-corrected chi connectivity index (χ1v) is 11.5. The van der Waals surface area contributed by atoms with Crippen molar-refractivity contribution < 1.29 is 3.87 Å². The highest BCUT2D eigenvalue weighted by molar-refractivity contribution is 8.27. The van der Waals surface area contributed by atoms with Crippen molar-refractivity contribution in [1.82, 2.24) is 0 Å². The molecule has 2 atom stereocenters. The Labute approximate surface area is 115 Å². The first kappa shape index (κ1) is 15.8. The summed E-state index contributed by atoms with van der Waals surface area (Å²) in [4.78, 5) is 0. The standard InChI is InChI=1S/C13H28OS2Si/c1-12(2,3)11-15-9-10-16(11)14-17(7,8)13(4,5)6/h10-11H,9H2,1-8H3. The van der Waals surface area contributed by atoms with E-state index < -0.39 is 8.32 Å². The van der Waals surface area contributed by atoms with Crippen LogP contribution in [0.5, 0.6) is 0 Å². The minimum Gasteiger partial charge on any atom is -0.362 e. The van der Waals surface area contributed by atoms with Gasteiger partial charge in [0.1, 0.15) is 0 Å². The molecule has 0 aromatic carbocycles. The maximum Gasteiger partial charge on any atom is 0.210 e. The van der Waals surface area contributed by atoms with Gasteiger partial charge in [0, 0.05) is 5.75 Å². The molecule has 0 aromatic heterocycles. The Morgan fingerprint density at radius 3 is 2.12 bits per heavy atom. The lowest BCUT2D eigenvalue weighted by atomic mass is 10.0. The molecule has 2 unspecified atom stereocenters. The van der Waals surface area contributed by atoms with Gasteiger partial charge in [-0.2, -0.15) is 0 Å². The third-order valence-electron chi connectivity index (χ3n) is 3.51. The molecule has 0 aliphatic carbocycles. The van der Waals surface area contributed by atoms with Crippen LogP contribution in [0.2, 0.25) is 18.1 Å². The van der Waals surface area contributed by atoms with Gasteiger partial charge in [0.25, 0.3) is 0 Å². The number of hydrogen-bond donors (Lipinski definition) is 0. The van der Waals surface area contributed by atoms with Crippen molar-refractivity contribution in [2.24, 2.45) is 5.41 Å². The van der Waals surface area contributed by atoms with Gasteiger partial charge in [-0.3, -0.25) is 0 Å². The molecule has 1 heterocycles. The second-order valence-electron chi connectivity index (χ2n) is 7.37. The van der Waals surface area contributed by atoms with Crippen molar-refractivity contribution in [2.45, 2.75) is 64.3 Å². The van der Waals surface area contributed by atoms with Gasteiger partial charge in [0.05, 0.1) is 4.58 Å². The smallest absolute Gasteiger partial charge is 0.210 e. The van der Waals surface area contributed by atoms with E-state index in [1.807, 2.05) is 0 Å². The Bertz CT molecular complexity index is 310. The average Bonchev–Trinajstić information content (AvgIpc) is 2.47. The molecular formula is C13H28OS2Si. The summed E-state index contributed by atoms with van der Waals surface area (Å²) in [6.45, 7) is 18.7. The molecule has 0 spiro atoms. The van der Waals surface area contributed by atoms with E-state index in [0.717, 1.165) is 5.75 Å². The van der Waals surface area contributed by atoms with E-state index in [4.69, 9.17) is 3.87 Å². The molecule has 0 saturated heterocycles. The summed E-state index contributed by atoms with van der Waals surface area (Å²) in [5.74, 6) is 1.15. The Kier molecular flexibility index (Phi) is 4.67. The van der Waals surface area contributed by atoms with Crippen LogP contribution in [0, 0.1) is 5.41 Å². The molecule has 0 amide bonds. The van der Waals surface area contributed by atoms with Gasteiger partial charge in [-0.05, 0) is 28.9 Å². The predicted molar refractivity (Wildman–Crippen MR) is 87.6 cm³/mol. The van der Waals surface area contributed by atoms with Crippen molar-refractivity contribution >= 4 is 36.2 Å². The van der Waals surface area contributed by atoms with E-state index in [0.29, 0.717) is 15.0 Å². The van der Waals surface area contributed by atoms with Crippen LogP contribution in [0.4, 0.5) is 0 Å². The Balaban J connectivity index is 2.82. The van der Waals surface area contributed by atoms with Crippen molar-refractivity contribution in [2.75, 3.05) is 5.75 Å². The largest absolute Gasteiger partial charge is 0.362 e. The fourth-order valence-corrected chi connectivity index (χ4v) is 8.69. The molecule has 17 heavy (non-hydrogen) atoms. The summed E-state index contributed by atoms with van der Waals surface area (Å²) < 4.78 is 7.23. The highest BCUT2D eigenvalue weighted by Crippen LogP contribution is 2.50. The van der Waals surface area contributed by atoms with E-state index in [-0.39, 0.29) is 10.8 Å². The topological polar surface area (TPSA) is 9.23 Å². The third kappa shape index (κ3) is 3.85. The summed E-state index contributed by atoms with van der Waals surface area (Å²) in [6.07, 6.45) is 0. The van der Waals surface area contributed by atoms with Gasteiger partial charge in [-0.1, -0.05) is 52.3 Å². The second-order valence-corrected chi connectivity index (χ2v) is 15.5. The van der Waals surface area contributed by atoms with E-state index in [1.54, 1.807) is 0 Å². The van der Waals surface area contributed by atoms with E-state index in [9.17, 15) is 0 Å². The van der Waals surface area contributed by atoms with Gasteiger partial charge < -0.3 is 3.87 Å². The highest BCUT2D eigenvalue weighted by atomic mass is 32.2. The Hall–Kier alpha value is 0.747. The third-order valence-corrected chi connectivity index (χ3v) is 13.7. The Morgan fingerprint density at radius 2 is 1.71 bits per heavy atom. The minimum atomic E-state index is -1.62. The summed E-state index contributed by atoms with van der Waals surface area (Å²) in [7, 11) is -1.57. The molecule has 0 aromatic rings. The molecule has 1 aliphatic heterocycles. The summed E-state index contributed by atoms with van der Waals surface area (Å²) in [5, 5.41) is 2.71. The zero-order chi connectivity index (χ0) is 13.5. The molecule has 0 N–H and O–H groups in total. The normalized spacial score (nSPS) is 27.1. The molecule has 1 nitrogen and oxygen atoms in total. The van der Waals surface area contributed by atoms with Crippen LogP contribution in [0.25, 0.3) is 0 Å². The monoisotopic (exact) mass is 292 g/mol. The molecule has 102 valence electrons. The quantitative estimate of drug-likeness (QED) is 0.516. The van der Waals surface area contributed by atoms with E-state index in [2.05, 4.69) is 71.8 Å². The fraction of sp³-hybridized carbons (Fsp3) is 0.923. The van der Waals surface area contributed by atoms with Crippen LogP contribution in [-0.2, 0) is 3.87 Å². The van der Waals surface area contributed by atoms with Gasteiger partial charge in [-0.15, -0.1) is 11.8 Å². The molecule has 0 bridgehead atoms. The molecule has 4 heteroatoms. The lowest BCUT2D eigenvalue weighted by molar-refractivity contribution is 0.447. The Morgan fingerprint density at radius 1 is 1.18 bits per heavy atom. The van der Waals surface area contributed by atoms with Crippen molar-refractivity contribution in [1.29, 1.82) is 0 Å². The zero-order valence-corrected chi connectivity index (χ0v) is 15.2. The van der Waals surface area contributed by atoms with E-state index >= 15 is 0 Å². The minimum absolute atomic E-state index is 0.0492. The van der Waals surface area contributed by atoms with Crippen molar-refractivity contribution in [3.05, 3.63) is 0 Å².